The lowest BCUT2D eigenvalue weighted by molar-refractivity contribution is -0.162. The van der Waals surface area contributed by atoms with Crippen molar-refractivity contribution in [3.05, 3.63) is 23.0 Å². The van der Waals surface area contributed by atoms with Crippen molar-refractivity contribution in [2.75, 3.05) is 6.61 Å². The number of hydrogen-bond donors (Lipinski definition) is 2. The number of hydrogen-bond acceptors (Lipinski definition) is 7. The van der Waals surface area contributed by atoms with Crippen LogP contribution >= 0.6 is 0 Å². The van der Waals surface area contributed by atoms with Gasteiger partial charge in [-0.15, -0.1) is 0 Å². The highest BCUT2D eigenvalue weighted by Crippen LogP contribution is 2.24. The van der Waals surface area contributed by atoms with E-state index in [2.05, 4.69) is 4.98 Å². The molecule has 1 heterocycles. The van der Waals surface area contributed by atoms with Gasteiger partial charge in [0, 0.05) is 17.3 Å². The SMILES string of the molecule is CCOC(=O)C(CC)C(=O)OCc1cnc(C)c(O)c1CO. The topological polar surface area (TPSA) is 106 Å². The number of aromatic hydroxyl groups is 1. The second-order valence-corrected chi connectivity index (χ2v) is 4.67. The van der Waals surface area contributed by atoms with Crippen LogP contribution in [0.25, 0.3) is 0 Å². The van der Waals surface area contributed by atoms with Crippen molar-refractivity contribution in [2.24, 2.45) is 5.92 Å². The van der Waals surface area contributed by atoms with Crippen LogP contribution in [0.4, 0.5) is 0 Å². The first kappa shape index (κ1) is 17.9. The predicted molar refractivity (Wildman–Crippen MR) is 76.8 cm³/mol. The van der Waals surface area contributed by atoms with Crippen LogP contribution in [0.15, 0.2) is 6.20 Å². The normalized spacial score (nSPS) is 11.8. The Labute approximate surface area is 128 Å². The van der Waals surface area contributed by atoms with Crippen molar-refractivity contribution in [2.45, 2.75) is 40.4 Å². The zero-order chi connectivity index (χ0) is 16.7. The van der Waals surface area contributed by atoms with E-state index < -0.39 is 24.5 Å². The molecule has 7 nitrogen and oxygen atoms in total. The molecule has 0 spiro atoms. The van der Waals surface area contributed by atoms with Crippen molar-refractivity contribution >= 4 is 11.9 Å². The Balaban J connectivity index is 2.79. The fourth-order valence-corrected chi connectivity index (χ4v) is 1.91. The molecule has 1 unspecified atom stereocenters. The van der Waals surface area contributed by atoms with Gasteiger partial charge in [-0.3, -0.25) is 14.6 Å². The van der Waals surface area contributed by atoms with Gasteiger partial charge in [0.2, 0.25) is 0 Å². The summed E-state index contributed by atoms with van der Waals surface area (Å²) >= 11 is 0. The number of aliphatic hydroxyl groups excluding tert-OH is 1. The standard InChI is InChI=1S/C15H21NO6/c1-4-11(14(19)21-5-2)15(20)22-8-10-6-16-9(3)13(18)12(10)7-17/h6,11,17-18H,4-5,7-8H2,1-3H3. The second-order valence-electron chi connectivity index (χ2n) is 4.67. The summed E-state index contributed by atoms with van der Waals surface area (Å²) in [7, 11) is 0. The van der Waals surface area contributed by atoms with E-state index in [0.29, 0.717) is 11.3 Å². The molecule has 0 amide bonds. The van der Waals surface area contributed by atoms with Gasteiger partial charge in [0.1, 0.15) is 12.4 Å². The summed E-state index contributed by atoms with van der Waals surface area (Å²) in [4.78, 5) is 27.5. The largest absolute Gasteiger partial charge is 0.506 e. The number of ether oxygens (including phenoxy) is 2. The van der Waals surface area contributed by atoms with Gasteiger partial charge in [-0.05, 0) is 20.3 Å². The molecule has 122 valence electrons. The lowest BCUT2D eigenvalue weighted by Crippen LogP contribution is -2.27. The summed E-state index contributed by atoms with van der Waals surface area (Å²) in [6.07, 6.45) is 1.68. The molecule has 1 aromatic rings. The van der Waals surface area contributed by atoms with Gasteiger partial charge in [-0.2, -0.15) is 0 Å². The van der Waals surface area contributed by atoms with Crippen LogP contribution in [0.1, 0.15) is 37.1 Å². The highest BCUT2D eigenvalue weighted by molar-refractivity contribution is 5.94. The molecule has 0 saturated heterocycles. The summed E-state index contributed by atoms with van der Waals surface area (Å²) in [5, 5.41) is 19.1. The molecule has 2 N–H and O–H groups in total. The van der Waals surface area contributed by atoms with E-state index >= 15 is 0 Å². The van der Waals surface area contributed by atoms with Crippen molar-refractivity contribution in [1.82, 2.24) is 4.98 Å². The summed E-state index contributed by atoms with van der Waals surface area (Å²) in [6, 6.07) is 0. The van der Waals surface area contributed by atoms with Crippen molar-refractivity contribution in [3.63, 3.8) is 0 Å². The maximum Gasteiger partial charge on any atom is 0.320 e. The van der Waals surface area contributed by atoms with Crippen LogP contribution in [-0.4, -0.2) is 33.7 Å². The van der Waals surface area contributed by atoms with Gasteiger partial charge in [0.15, 0.2) is 5.92 Å². The van der Waals surface area contributed by atoms with E-state index in [1.165, 1.54) is 6.20 Å². The molecule has 7 heteroatoms. The number of nitrogens with zero attached hydrogens (tertiary/aromatic N) is 1. The third-order valence-electron chi connectivity index (χ3n) is 3.22. The second kappa shape index (κ2) is 8.33. The lowest BCUT2D eigenvalue weighted by atomic mass is 10.1. The van der Waals surface area contributed by atoms with E-state index in [1.807, 2.05) is 0 Å². The van der Waals surface area contributed by atoms with Crippen LogP contribution in [0, 0.1) is 12.8 Å². The lowest BCUT2D eigenvalue weighted by Gasteiger charge is -2.15. The molecule has 0 fully saturated rings. The van der Waals surface area contributed by atoms with Crippen LogP contribution < -0.4 is 0 Å². The number of aliphatic hydroxyl groups is 1. The van der Waals surface area contributed by atoms with Crippen molar-refractivity contribution in [1.29, 1.82) is 0 Å². The number of aromatic nitrogens is 1. The first-order chi connectivity index (χ1) is 10.5. The van der Waals surface area contributed by atoms with Crippen LogP contribution in [0.2, 0.25) is 0 Å². The Hall–Kier alpha value is -2.15. The van der Waals surface area contributed by atoms with Crippen LogP contribution in [0.3, 0.4) is 0 Å². The smallest absolute Gasteiger partial charge is 0.320 e. The summed E-state index contributed by atoms with van der Waals surface area (Å²) in [5.74, 6) is -2.44. The third-order valence-corrected chi connectivity index (χ3v) is 3.22. The van der Waals surface area contributed by atoms with Gasteiger partial charge >= 0.3 is 11.9 Å². The van der Waals surface area contributed by atoms with Gasteiger partial charge in [0.05, 0.1) is 18.9 Å². The summed E-state index contributed by atoms with van der Waals surface area (Å²) < 4.78 is 9.90. The molecule has 22 heavy (non-hydrogen) atoms. The van der Waals surface area contributed by atoms with Crippen LogP contribution in [-0.2, 0) is 32.3 Å². The molecule has 0 aromatic carbocycles. The summed E-state index contributed by atoms with van der Waals surface area (Å²) in [5.41, 5.74) is 1.01. The molecule has 1 aromatic heterocycles. The molecule has 1 rings (SSSR count). The average molecular weight is 311 g/mol. The Morgan fingerprint density at radius 3 is 2.45 bits per heavy atom. The maximum absolute atomic E-state index is 11.9. The molecule has 0 bridgehead atoms. The zero-order valence-corrected chi connectivity index (χ0v) is 13.0. The highest BCUT2D eigenvalue weighted by atomic mass is 16.6. The van der Waals surface area contributed by atoms with Gasteiger partial charge in [-0.25, -0.2) is 0 Å². The van der Waals surface area contributed by atoms with Gasteiger partial charge < -0.3 is 19.7 Å². The van der Waals surface area contributed by atoms with Crippen LogP contribution in [0.5, 0.6) is 5.75 Å². The van der Waals surface area contributed by atoms with E-state index in [0.717, 1.165) is 0 Å². The molecule has 0 aliphatic heterocycles. The Morgan fingerprint density at radius 2 is 1.91 bits per heavy atom. The zero-order valence-electron chi connectivity index (χ0n) is 13.0. The van der Waals surface area contributed by atoms with E-state index in [1.54, 1.807) is 20.8 Å². The van der Waals surface area contributed by atoms with Gasteiger partial charge in [-0.1, -0.05) is 6.92 Å². The molecule has 0 saturated carbocycles. The average Bonchev–Trinajstić information content (AvgIpc) is 2.49. The number of rotatable bonds is 7. The fourth-order valence-electron chi connectivity index (χ4n) is 1.91. The quantitative estimate of drug-likeness (QED) is 0.576. The van der Waals surface area contributed by atoms with Gasteiger partial charge in [0.25, 0.3) is 0 Å². The number of pyridine rings is 1. The van der Waals surface area contributed by atoms with Crippen molar-refractivity contribution < 1.29 is 29.3 Å². The first-order valence-corrected chi connectivity index (χ1v) is 7.06. The highest BCUT2D eigenvalue weighted by Gasteiger charge is 2.28. The molecule has 1 atom stereocenters. The maximum atomic E-state index is 11.9. The monoisotopic (exact) mass is 311 g/mol. The molecule has 0 radical (unpaired) electrons. The van der Waals surface area contributed by atoms with Crippen molar-refractivity contribution in [3.8, 4) is 5.75 Å². The minimum Gasteiger partial charge on any atom is -0.506 e. The van der Waals surface area contributed by atoms with E-state index in [-0.39, 0.29) is 30.9 Å². The fraction of sp³-hybridized carbons (Fsp3) is 0.533. The number of aryl methyl sites for hydroxylation is 1. The Kier molecular flexibility index (Phi) is 6.78. The number of esters is 2. The Morgan fingerprint density at radius 1 is 1.27 bits per heavy atom. The predicted octanol–water partition coefficient (Wildman–Crippen LogP) is 1.22. The van der Waals surface area contributed by atoms with E-state index in [4.69, 9.17) is 9.47 Å². The first-order valence-electron chi connectivity index (χ1n) is 7.06. The number of carbonyl (C=O) groups is 2. The minimum atomic E-state index is -0.982. The van der Waals surface area contributed by atoms with E-state index in [9.17, 15) is 19.8 Å². The molecule has 0 aliphatic rings. The summed E-state index contributed by atoms with van der Waals surface area (Å²) in [6.45, 7) is 4.53. The minimum absolute atomic E-state index is 0.131. The number of carbonyl (C=O) groups excluding carboxylic acids is 2. The third kappa shape index (κ3) is 4.17. The molecular formula is C15H21NO6. The molecule has 0 aliphatic carbocycles. The molecular weight excluding hydrogens is 290 g/mol. The Bertz CT molecular complexity index is 543.